The third-order valence-corrected chi connectivity index (χ3v) is 17.6. The second-order valence-electron chi connectivity index (χ2n) is 24.1. The average Bonchev–Trinajstić information content (AvgIpc) is 0.771. The Morgan fingerprint density at radius 2 is 0.653 bits per heavy atom. The Bertz CT molecular complexity index is 2380. The van der Waals surface area contributed by atoms with E-state index in [1.807, 2.05) is 0 Å². The van der Waals surface area contributed by atoms with E-state index < -0.39 is 304 Å². The van der Waals surface area contributed by atoms with Gasteiger partial charge in [-0.1, -0.05) is 0 Å². The van der Waals surface area contributed by atoms with Crippen LogP contribution in [0.2, 0.25) is 0 Å². The molecule has 42 nitrogen and oxygen atoms in total. The molecule has 0 aliphatic carbocycles. The molecule has 8 fully saturated rings. The molecule has 95 heavy (non-hydrogen) atoms. The van der Waals surface area contributed by atoms with Crippen molar-refractivity contribution in [3.8, 4) is 0 Å². The number of nitrogens with one attached hydrogen (secondary N) is 2. The maximum Gasteiger partial charge on any atom is 0.217 e. The van der Waals surface area contributed by atoms with Crippen LogP contribution in [0.25, 0.3) is 0 Å². The first-order valence-electron chi connectivity index (χ1n) is 30.4. The van der Waals surface area contributed by atoms with E-state index in [-0.39, 0.29) is 0 Å². The zero-order valence-electron chi connectivity index (χ0n) is 51.2. The predicted molar refractivity (Wildman–Crippen MR) is 291 cm³/mol. The Labute approximate surface area is 538 Å². The van der Waals surface area contributed by atoms with Gasteiger partial charge in [0.1, 0.15) is 189 Å². The van der Waals surface area contributed by atoms with Crippen molar-refractivity contribution in [3.05, 3.63) is 0 Å². The first-order chi connectivity index (χ1) is 45.0. The lowest BCUT2D eigenvalue weighted by atomic mass is 9.93. The van der Waals surface area contributed by atoms with Gasteiger partial charge in [0.2, 0.25) is 11.8 Å². The molecule has 40 atom stereocenters. The van der Waals surface area contributed by atoms with Gasteiger partial charge in [0.25, 0.3) is 0 Å². The molecule has 0 aromatic heterocycles. The molecule has 0 bridgehead atoms. The Morgan fingerprint density at radius 1 is 0.305 bits per heavy atom. The summed E-state index contributed by atoms with van der Waals surface area (Å²) in [4.78, 5) is 25.9. The Balaban J connectivity index is 1.05. The standard InChI is InChI=1S/C53H90N2O40/c1-12-24(64)31(71)36(76)49(82-12)92-42-23(55-14(3)63)47(88-20(10-61)41(42)91-51-38(78)33(73)26(66)16(6-57)84-51)94-44-34(74)27(67)17(7-58)85-52(44)81-11-21-29(69)43(39(79)48(80-4)89-21)93-53-45(35(75)28(68)18(8-59)86-53)95-46-22(54-13(2)62)30(70)40(19(9-60)87-46)90-50-37(77)32(72)25(65)15(5-56)83-50/h12,15-53,56-61,64-79H,5-11H2,1-4H3,(H,54,62)(H,55,63)/t12-,15-,16-,17-,18-,19-,20-,21-,22-,23-,24+,25+,26+,27-,28-,29-,30-,31+,32+,33+,34+,35+,36-,37-,38-,39+,40-,41-,42-,43+,44+,45+,46+,47+,48+,49-,50+,51+,52+,53-/m1/s1. The van der Waals surface area contributed by atoms with E-state index in [0.29, 0.717) is 0 Å². The first-order valence-corrected chi connectivity index (χ1v) is 30.4. The molecule has 0 aromatic rings. The van der Waals surface area contributed by atoms with Gasteiger partial charge in [-0.2, -0.15) is 0 Å². The van der Waals surface area contributed by atoms with Crippen LogP contribution < -0.4 is 10.6 Å². The van der Waals surface area contributed by atoms with Crippen molar-refractivity contribution >= 4 is 11.8 Å². The van der Waals surface area contributed by atoms with Crippen molar-refractivity contribution in [1.29, 1.82) is 0 Å². The topological polar surface area (TPSA) is 651 Å². The van der Waals surface area contributed by atoms with E-state index in [9.17, 15) is 122 Å². The van der Waals surface area contributed by atoms with Gasteiger partial charge in [-0.25, -0.2) is 0 Å². The molecule has 0 aromatic carbocycles. The summed E-state index contributed by atoms with van der Waals surface area (Å²) in [6.07, 6.45) is -73.6. The molecule has 2 amide bonds. The third-order valence-electron chi connectivity index (χ3n) is 17.6. The minimum atomic E-state index is -2.21. The molecule has 552 valence electrons. The summed E-state index contributed by atoms with van der Waals surface area (Å²) in [7, 11) is 1.03. The quantitative estimate of drug-likeness (QED) is 0.0427. The van der Waals surface area contributed by atoms with Crippen LogP contribution >= 0.6 is 0 Å². The van der Waals surface area contributed by atoms with Crippen molar-refractivity contribution in [2.45, 2.75) is 266 Å². The molecular formula is C53H90N2O40. The zero-order chi connectivity index (χ0) is 69.9. The van der Waals surface area contributed by atoms with Gasteiger partial charge in [0.05, 0.1) is 52.4 Å². The van der Waals surface area contributed by atoms with E-state index in [4.69, 9.17) is 75.8 Å². The van der Waals surface area contributed by atoms with E-state index in [2.05, 4.69) is 10.6 Å². The van der Waals surface area contributed by atoms with Crippen LogP contribution in [0.3, 0.4) is 0 Å². The highest BCUT2D eigenvalue weighted by atomic mass is 16.8. The SMILES string of the molecule is CO[C@H]1O[C@H](CO[C@H]2O[C@H](CO)[C@@H](O)[C@H](O)[C@@H]2O[C@@H]2O[C@H](CO)[C@@H](O[C@@H]3O[C@H](CO)[C@H](O)[C@H](O)[C@H]3O)[C@H](O[C@H]3O[C@H](C)[C@H](O)[C@H](O)[C@H]3O)[C@H]2NC(C)=O)[C@@H](O)[C@H](O[C@H]2O[C@H](CO)[C@@H](O)[C@H](O)[C@@H]2O[C@@H]2O[C@H](CO)[C@@H](O[C@@H]3O[C@H](CO)[C@H](O)[C@H](O)[C@H]3O)[C@H](O)[C@H]2NC(C)=O)[C@@H]1O. The number of hydrogen-bond donors (Lipinski definition) is 24. The molecule has 8 aliphatic rings. The Morgan fingerprint density at radius 3 is 1.13 bits per heavy atom. The number of aliphatic hydroxyl groups is 22. The molecule has 8 heterocycles. The van der Waals surface area contributed by atoms with Gasteiger partial charge >= 0.3 is 0 Å². The fourth-order valence-corrected chi connectivity index (χ4v) is 12.3. The number of carbonyl (C=O) groups is 2. The van der Waals surface area contributed by atoms with Gasteiger partial charge in [-0.3, -0.25) is 9.59 Å². The van der Waals surface area contributed by atoms with Crippen LogP contribution in [-0.4, -0.2) is 423 Å². The molecule has 24 N–H and O–H groups in total. The fourth-order valence-electron chi connectivity index (χ4n) is 12.3. The summed E-state index contributed by atoms with van der Waals surface area (Å²) in [5.41, 5.74) is 0. The maximum absolute atomic E-state index is 13.2. The van der Waals surface area contributed by atoms with Crippen LogP contribution in [-0.2, 0) is 85.4 Å². The summed E-state index contributed by atoms with van der Waals surface area (Å²) >= 11 is 0. The average molecular weight is 1400 g/mol. The van der Waals surface area contributed by atoms with Crippen molar-refractivity contribution < 1.29 is 198 Å². The number of amides is 2. The van der Waals surface area contributed by atoms with Crippen LogP contribution in [0.5, 0.6) is 0 Å². The van der Waals surface area contributed by atoms with Gasteiger partial charge in [-0.15, -0.1) is 0 Å². The van der Waals surface area contributed by atoms with Crippen molar-refractivity contribution in [2.24, 2.45) is 0 Å². The second kappa shape index (κ2) is 33.9. The summed E-state index contributed by atoms with van der Waals surface area (Å²) in [6.45, 7) is -3.76. The van der Waals surface area contributed by atoms with Gasteiger partial charge in [0, 0.05) is 21.0 Å². The normalized spacial score (nSPS) is 50.8. The number of hydrogen-bond acceptors (Lipinski definition) is 40. The molecular weight excluding hydrogens is 1300 g/mol. The summed E-state index contributed by atoms with van der Waals surface area (Å²) in [5, 5.41) is 244. The fraction of sp³-hybridized carbons (Fsp3) is 0.962. The number of ether oxygens (including phenoxy) is 16. The monoisotopic (exact) mass is 1390 g/mol. The van der Waals surface area contributed by atoms with Crippen molar-refractivity contribution in [2.75, 3.05) is 53.4 Å². The van der Waals surface area contributed by atoms with Crippen molar-refractivity contribution in [3.63, 3.8) is 0 Å². The Kier molecular flexibility index (Phi) is 27.9. The highest BCUT2D eigenvalue weighted by Gasteiger charge is 2.60. The Hall–Kier alpha value is -2.58. The maximum atomic E-state index is 13.2. The van der Waals surface area contributed by atoms with Crippen molar-refractivity contribution in [1.82, 2.24) is 10.6 Å². The number of aliphatic hydroxyl groups excluding tert-OH is 22. The lowest BCUT2D eigenvalue weighted by Crippen LogP contribution is -2.71. The van der Waals surface area contributed by atoms with Gasteiger partial charge < -0.3 is 199 Å². The molecule has 0 unspecified atom stereocenters. The zero-order valence-corrected chi connectivity index (χ0v) is 51.2. The number of carbonyl (C=O) groups excluding carboxylic acids is 2. The van der Waals surface area contributed by atoms with E-state index >= 15 is 0 Å². The molecule has 0 spiro atoms. The van der Waals surface area contributed by atoms with Crippen LogP contribution in [0, 0.1) is 0 Å². The lowest BCUT2D eigenvalue weighted by Gasteiger charge is -2.51. The second-order valence-corrected chi connectivity index (χ2v) is 24.1. The van der Waals surface area contributed by atoms with Crippen LogP contribution in [0.15, 0.2) is 0 Å². The third kappa shape index (κ3) is 16.8. The summed E-state index contributed by atoms with van der Waals surface area (Å²) < 4.78 is 94.0. The highest BCUT2D eigenvalue weighted by molar-refractivity contribution is 5.73. The van der Waals surface area contributed by atoms with Crippen LogP contribution in [0.1, 0.15) is 20.8 Å². The largest absolute Gasteiger partial charge is 0.394 e. The molecule has 42 heteroatoms. The minimum absolute atomic E-state index is 0.872. The smallest absolute Gasteiger partial charge is 0.217 e. The predicted octanol–water partition coefficient (Wildman–Crippen LogP) is -16.5. The number of methoxy groups -OCH3 is 1. The van der Waals surface area contributed by atoms with Gasteiger partial charge in [0.15, 0.2) is 50.3 Å². The number of rotatable bonds is 24. The molecule has 8 saturated heterocycles. The highest BCUT2D eigenvalue weighted by Crippen LogP contribution is 2.39. The molecule has 8 rings (SSSR count). The molecule has 0 radical (unpaired) electrons. The summed E-state index contributed by atoms with van der Waals surface area (Å²) in [6, 6.07) is -3.68. The van der Waals surface area contributed by atoms with E-state index in [0.717, 1.165) is 21.0 Å². The van der Waals surface area contributed by atoms with E-state index in [1.54, 1.807) is 0 Å². The first kappa shape index (κ1) is 78.1. The van der Waals surface area contributed by atoms with E-state index in [1.165, 1.54) is 6.92 Å². The van der Waals surface area contributed by atoms with Gasteiger partial charge in [-0.05, 0) is 6.92 Å². The molecule has 8 aliphatic heterocycles. The molecule has 0 saturated carbocycles. The van der Waals surface area contributed by atoms with Crippen LogP contribution in [0.4, 0.5) is 0 Å². The lowest BCUT2D eigenvalue weighted by molar-refractivity contribution is -0.394. The summed E-state index contributed by atoms with van der Waals surface area (Å²) in [5.74, 6) is -1.79. The minimum Gasteiger partial charge on any atom is -0.394 e.